The molecule has 0 heterocycles. The van der Waals surface area contributed by atoms with Gasteiger partial charge in [0.2, 0.25) is 0 Å². The van der Waals surface area contributed by atoms with Gasteiger partial charge in [0, 0.05) is 33.9 Å². The van der Waals surface area contributed by atoms with Crippen molar-refractivity contribution in [2.24, 2.45) is 0 Å². The molecule has 0 aliphatic carbocycles. The molecule has 0 bridgehead atoms. The molecule has 0 aliphatic rings. The minimum absolute atomic E-state index is 0.0391. The van der Waals surface area contributed by atoms with Crippen molar-refractivity contribution in [1.82, 2.24) is 4.90 Å². The van der Waals surface area contributed by atoms with E-state index in [0.717, 1.165) is 5.56 Å². The Morgan fingerprint density at radius 1 is 0.929 bits per heavy atom. The van der Waals surface area contributed by atoms with Gasteiger partial charge in [-0.05, 0) is 31.5 Å². The Kier molecular flexibility index (Phi) is 8.24. The Balaban J connectivity index is 2.48. The summed E-state index contributed by atoms with van der Waals surface area (Å²) in [6.07, 6.45) is 0.0391. The molecule has 0 unspecified atom stereocenters. The van der Waals surface area contributed by atoms with Crippen molar-refractivity contribution in [1.29, 1.82) is 0 Å². The minimum atomic E-state index is -3.33. The molecule has 0 radical (unpaired) electrons. The maximum absolute atomic E-state index is 13.1. The Labute approximate surface area is 167 Å². The highest BCUT2D eigenvalue weighted by atomic mass is 31.2. The van der Waals surface area contributed by atoms with Crippen LogP contribution in [0.4, 0.5) is 5.69 Å². The maximum atomic E-state index is 13.1. The van der Waals surface area contributed by atoms with Crippen molar-refractivity contribution in [3.05, 3.63) is 65.7 Å². The van der Waals surface area contributed by atoms with Crippen LogP contribution in [0.5, 0.6) is 0 Å². The monoisotopic (exact) mass is 404 g/mol. The number of rotatable bonds is 10. The predicted molar refractivity (Wildman–Crippen MR) is 113 cm³/mol. The molecule has 0 saturated carbocycles. The Morgan fingerprint density at radius 3 is 2.07 bits per heavy atom. The van der Waals surface area contributed by atoms with Crippen molar-refractivity contribution >= 4 is 19.2 Å². The van der Waals surface area contributed by atoms with Crippen LogP contribution in [-0.4, -0.2) is 44.4 Å². The molecule has 1 amide bonds. The summed E-state index contributed by atoms with van der Waals surface area (Å²) < 4.78 is 23.2. The highest BCUT2D eigenvalue weighted by molar-refractivity contribution is 7.53. The third kappa shape index (κ3) is 5.44. The number of hydrogen-bond donors (Lipinski definition) is 0. The molecule has 2 rings (SSSR count). The Morgan fingerprint density at radius 2 is 1.50 bits per heavy atom. The summed E-state index contributed by atoms with van der Waals surface area (Å²) in [5.74, 6) is -0.0525. The van der Waals surface area contributed by atoms with E-state index in [1.54, 1.807) is 11.0 Å². The summed E-state index contributed by atoms with van der Waals surface area (Å²) >= 11 is 0. The molecule has 0 aromatic heterocycles. The average molecular weight is 404 g/mol. The van der Waals surface area contributed by atoms with Crippen molar-refractivity contribution in [2.45, 2.75) is 20.4 Å². The second kappa shape index (κ2) is 10.4. The van der Waals surface area contributed by atoms with E-state index < -0.39 is 7.60 Å². The van der Waals surface area contributed by atoms with E-state index in [1.165, 1.54) is 14.2 Å². The van der Waals surface area contributed by atoms with Crippen LogP contribution in [0.1, 0.15) is 29.8 Å². The zero-order chi connectivity index (χ0) is 20.6. The molecule has 0 saturated heterocycles. The number of para-hydroxylation sites is 1. The first-order valence-electron chi connectivity index (χ1n) is 9.35. The Bertz CT molecular complexity index is 801. The first-order chi connectivity index (χ1) is 13.5. The van der Waals surface area contributed by atoms with E-state index in [4.69, 9.17) is 9.05 Å². The molecular weight excluding hydrogens is 375 g/mol. The lowest BCUT2D eigenvalue weighted by atomic mass is 10.1. The summed E-state index contributed by atoms with van der Waals surface area (Å²) in [6, 6.07) is 17.2. The van der Waals surface area contributed by atoms with Gasteiger partial charge in [0.1, 0.15) is 6.29 Å². The number of carbonyl (C=O) groups is 1. The molecule has 2 aromatic carbocycles. The number of benzene rings is 2. The SMILES string of the molecule is CCN(CC)C(=O)c1ccccc1N(Cc1ccccc1)CP(=O)(OC)OC. The third-order valence-electron chi connectivity index (χ3n) is 4.64. The van der Waals surface area contributed by atoms with E-state index >= 15 is 0 Å². The summed E-state index contributed by atoms with van der Waals surface area (Å²) in [5, 5.41) is 0. The minimum Gasteiger partial charge on any atom is -0.355 e. The average Bonchev–Trinajstić information content (AvgIpc) is 2.74. The van der Waals surface area contributed by atoms with Crippen molar-refractivity contribution in [3.8, 4) is 0 Å². The van der Waals surface area contributed by atoms with Gasteiger partial charge in [-0.15, -0.1) is 0 Å². The van der Waals surface area contributed by atoms with Crippen molar-refractivity contribution in [2.75, 3.05) is 38.5 Å². The van der Waals surface area contributed by atoms with E-state index in [1.807, 2.05) is 67.3 Å². The van der Waals surface area contributed by atoms with Crippen LogP contribution in [0.2, 0.25) is 0 Å². The van der Waals surface area contributed by atoms with E-state index in [9.17, 15) is 9.36 Å². The molecule has 0 aliphatic heterocycles. The lowest BCUT2D eigenvalue weighted by Crippen LogP contribution is -2.33. The van der Waals surface area contributed by atoms with Gasteiger partial charge in [0.15, 0.2) is 0 Å². The van der Waals surface area contributed by atoms with Crippen LogP contribution in [0.25, 0.3) is 0 Å². The van der Waals surface area contributed by atoms with Crippen LogP contribution in [0.3, 0.4) is 0 Å². The Hall–Kier alpha value is -2.14. The lowest BCUT2D eigenvalue weighted by Gasteiger charge is -2.30. The number of carbonyl (C=O) groups excluding carboxylic acids is 1. The summed E-state index contributed by atoms with van der Waals surface area (Å²) in [7, 11) is -0.580. The maximum Gasteiger partial charge on any atom is 0.349 e. The summed E-state index contributed by atoms with van der Waals surface area (Å²) in [5.41, 5.74) is 2.31. The van der Waals surface area contributed by atoms with E-state index in [0.29, 0.717) is 30.9 Å². The summed E-state index contributed by atoms with van der Waals surface area (Å²) in [4.78, 5) is 16.7. The van der Waals surface area contributed by atoms with Crippen LogP contribution < -0.4 is 4.90 Å². The first kappa shape index (κ1) is 22.2. The molecule has 28 heavy (non-hydrogen) atoms. The van der Waals surface area contributed by atoms with Gasteiger partial charge in [-0.3, -0.25) is 9.36 Å². The fourth-order valence-electron chi connectivity index (χ4n) is 3.03. The third-order valence-corrected chi connectivity index (χ3v) is 6.44. The van der Waals surface area contributed by atoms with Crippen LogP contribution in [-0.2, 0) is 20.2 Å². The second-order valence-corrected chi connectivity index (χ2v) is 8.53. The van der Waals surface area contributed by atoms with Crippen LogP contribution in [0.15, 0.2) is 54.6 Å². The van der Waals surface area contributed by atoms with Crippen LogP contribution in [0, 0.1) is 0 Å². The van der Waals surface area contributed by atoms with E-state index in [-0.39, 0.29) is 12.2 Å². The zero-order valence-corrected chi connectivity index (χ0v) is 17.9. The molecule has 0 atom stereocenters. The first-order valence-corrected chi connectivity index (χ1v) is 11.1. The zero-order valence-electron chi connectivity index (χ0n) is 17.0. The number of amides is 1. The van der Waals surface area contributed by atoms with Gasteiger partial charge in [0.05, 0.1) is 11.3 Å². The van der Waals surface area contributed by atoms with Gasteiger partial charge in [-0.1, -0.05) is 42.5 Å². The smallest absolute Gasteiger partial charge is 0.349 e. The molecule has 2 aromatic rings. The fraction of sp³-hybridized carbons (Fsp3) is 0.381. The summed E-state index contributed by atoms with van der Waals surface area (Å²) in [6.45, 7) is 5.62. The van der Waals surface area contributed by atoms with Crippen LogP contribution >= 0.6 is 7.60 Å². The van der Waals surface area contributed by atoms with Crippen molar-refractivity contribution < 1.29 is 18.4 Å². The van der Waals surface area contributed by atoms with Gasteiger partial charge in [-0.2, -0.15) is 0 Å². The highest BCUT2D eigenvalue weighted by Crippen LogP contribution is 2.48. The standard InChI is InChI=1S/C21H29N2O4P/c1-5-22(6-2)21(24)19-14-10-11-15-20(19)23(17-28(25,26-3)27-4)16-18-12-8-7-9-13-18/h7-15H,5-6,16-17H2,1-4H3. The predicted octanol–water partition coefficient (Wildman–Crippen LogP) is 4.62. The van der Waals surface area contributed by atoms with Gasteiger partial charge >= 0.3 is 7.60 Å². The molecule has 0 fully saturated rings. The topological polar surface area (TPSA) is 59.1 Å². The molecule has 152 valence electrons. The van der Waals surface area contributed by atoms with E-state index in [2.05, 4.69) is 0 Å². The van der Waals surface area contributed by atoms with Gasteiger partial charge in [-0.25, -0.2) is 0 Å². The largest absolute Gasteiger partial charge is 0.355 e. The number of hydrogen-bond acceptors (Lipinski definition) is 5. The molecule has 6 nitrogen and oxygen atoms in total. The number of nitrogens with zero attached hydrogens (tertiary/aromatic N) is 2. The molecule has 0 N–H and O–H groups in total. The van der Waals surface area contributed by atoms with Gasteiger partial charge in [0.25, 0.3) is 5.91 Å². The second-order valence-electron chi connectivity index (χ2n) is 6.30. The molecule has 7 heteroatoms. The fourth-order valence-corrected chi connectivity index (χ4v) is 4.08. The van der Waals surface area contributed by atoms with Gasteiger partial charge < -0.3 is 18.8 Å². The van der Waals surface area contributed by atoms with Crippen molar-refractivity contribution in [3.63, 3.8) is 0 Å². The lowest BCUT2D eigenvalue weighted by molar-refractivity contribution is 0.0773. The number of anilines is 1. The highest BCUT2D eigenvalue weighted by Gasteiger charge is 2.28. The quantitative estimate of drug-likeness (QED) is 0.541. The normalized spacial score (nSPS) is 11.3. The molecule has 0 spiro atoms. The molecular formula is C21H29N2O4P.